The summed E-state index contributed by atoms with van der Waals surface area (Å²) < 4.78 is 0.919. The number of nitrogens with one attached hydrogen (secondary N) is 2. The average Bonchev–Trinajstić information content (AvgIpc) is 2.42. The van der Waals surface area contributed by atoms with E-state index in [4.69, 9.17) is 5.73 Å². The molecule has 0 aliphatic heterocycles. The third kappa shape index (κ3) is 6.77. The van der Waals surface area contributed by atoms with Gasteiger partial charge in [-0.2, -0.15) is 0 Å². The van der Waals surface area contributed by atoms with E-state index in [0.717, 1.165) is 4.47 Å². The molecular formula is C15H23BrClN3O2. The van der Waals surface area contributed by atoms with Crippen LogP contribution < -0.4 is 16.4 Å². The van der Waals surface area contributed by atoms with Crippen LogP contribution in [0.2, 0.25) is 0 Å². The number of hydrogen-bond donors (Lipinski definition) is 3. The van der Waals surface area contributed by atoms with Gasteiger partial charge in [-0.05, 0) is 29.7 Å². The molecule has 0 unspecified atom stereocenters. The fraction of sp³-hybridized carbons (Fsp3) is 0.467. The predicted molar refractivity (Wildman–Crippen MR) is 94.2 cm³/mol. The lowest BCUT2D eigenvalue weighted by Crippen LogP contribution is -2.49. The van der Waals surface area contributed by atoms with Crippen molar-refractivity contribution in [2.75, 3.05) is 13.1 Å². The number of rotatable bonds is 5. The third-order valence-electron chi connectivity index (χ3n) is 3.03. The smallest absolute Gasteiger partial charge is 0.251 e. The van der Waals surface area contributed by atoms with E-state index in [2.05, 4.69) is 26.6 Å². The van der Waals surface area contributed by atoms with Crippen LogP contribution in [0.5, 0.6) is 0 Å². The van der Waals surface area contributed by atoms with Gasteiger partial charge in [-0.15, -0.1) is 12.4 Å². The topological polar surface area (TPSA) is 84.2 Å². The first kappa shape index (κ1) is 20.9. The molecule has 1 aromatic rings. The molecule has 0 heterocycles. The minimum atomic E-state index is -0.570. The van der Waals surface area contributed by atoms with E-state index >= 15 is 0 Å². The zero-order valence-corrected chi connectivity index (χ0v) is 15.4. The average molecular weight is 393 g/mol. The first-order chi connectivity index (χ1) is 9.71. The lowest BCUT2D eigenvalue weighted by atomic mass is 9.87. The van der Waals surface area contributed by atoms with Crippen molar-refractivity contribution in [3.05, 3.63) is 34.3 Å². The molecule has 4 N–H and O–H groups in total. The normalized spacial score (nSPS) is 12.0. The minimum Gasteiger partial charge on any atom is -0.353 e. The quantitative estimate of drug-likeness (QED) is 0.671. The molecule has 0 bridgehead atoms. The Morgan fingerprint density at radius 1 is 1.14 bits per heavy atom. The van der Waals surface area contributed by atoms with E-state index in [9.17, 15) is 9.59 Å². The predicted octanol–water partition coefficient (Wildman–Crippen LogP) is 2.09. The fourth-order valence-corrected chi connectivity index (χ4v) is 1.83. The first-order valence-electron chi connectivity index (χ1n) is 6.79. The Bertz CT molecular complexity index is 501. The van der Waals surface area contributed by atoms with Crippen LogP contribution in [0.1, 0.15) is 31.1 Å². The molecule has 0 saturated carbocycles. The molecular weight excluding hydrogens is 370 g/mol. The Hall–Kier alpha value is -1.11. The van der Waals surface area contributed by atoms with Crippen LogP contribution in [0.15, 0.2) is 28.7 Å². The van der Waals surface area contributed by atoms with Crippen molar-refractivity contribution in [2.24, 2.45) is 11.1 Å². The van der Waals surface area contributed by atoms with Crippen molar-refractivity contribution in [2.45, 2.75) is 26.8 Å². The minimum absolute atomic E-state index is 0. The lowest BCUT2D eigenvalue weighted by molar-refractivity contribution is -0.124. The molecule has 5 nitrogen and oxygen atoms in total. The van der Waals surface area contributed by atoms with Gasteiger partial charge in [0.2, 0.25) is 5.91 Å². The Balaban J connectivity index is 0.00000441. The Morgan fingerprint density at radius 2 is 1.64 bits per heavy atom. The number of nitrogens with two attached hydrogens (primary N) is 1. The molecule has 22 heavy (non-hydrogen) atoms. The number of benzene rings is 1. The van der Waals surface area contributed by atoms with Crippen LogP contribution in [-0.4, -0.2) is 30.9 Å². The van der Waals surface area contributed by atoms with Gasteiger partial charge in [0, 0.05) is 23.1 Å². The SMILES string of the molecule is CC(C)(C)[C@H](N)C(=O)NCCNC(=O)c1ccc(Br)cc1.Cl. The molecule has 0 aromatic heterocycles. The summed E-state index contributed by atoms with van der Waals surface area (Å²) in [6.07, 6.45) is 0. The van der Waals surface area contributed by atoms with Crippen molar-refractivity contribution >= 4 is 40.2 Å². The zero-order chi connectivity index (χ0) is 16.0. The molecule has 0 fully saturated rings. The van der Waals surface area contributed by atoms with Crippen molar-refractivity contribution in [3.63, 3.8) is 0 Å². The summed E-state index contributed by atoms with van der Waals surface area (Å²) in [5.74, 6) is -0.378. The van der Waals surface area contributed by atoms with Gasteiger partial charge < -0.3 is 16.4 Å². The number of carbonyl (C=O) groups excluding carboxylic acids is 2. The maximum Gasteiger partial charge on any atom is 0.251 e. The Labute approximate surface area is 145 Å². The van der Waals surface area contributed by atoms with Crippen LogP contribution in [0.4, 0.5) is 0 Å². The molecule has 0 radical (unpaired) electrons. The molecule has 0 spiro atoms. The second-order valence-corrected chi connectivity index (χ2v) is 6.81. The summed E-state index contributed by atoms with van der Waals surface area (Å²) in [5, 5.41) is 5.46. The van der Waals surface area contributed by atoms with E-state index in [1.54, 1.807) is 24.3 Å². The van der Waals surface area contributed by atoms with Gasteiger partial charge in [-0.1, -0.05) is 36.7 Å². The number of amides is 2. The van der Waals surface area contributed by atoms with Crippen LogP contribution >= 0.6 is 28.3 Å². The second kappa shape index (κ2) is 9.12. The van der Waals surface area contributed by atoms with Crippen LogP contribution in [-0.2, 0) is 4.79 Å². The summed E-state index contributed by atoms with van der Waals surface area (Å²) >= 11 is 3.31. The van der Waals surface area contributed by atoms with Gasteiger partial charge in [0.05, 0.1) is 6.04 Å². The van der Waals surface area contributed by atoms with Gasteiger partial charge in [-0.25, -0.2) is 0 Å². The molecule has 2 amide bonds. The van der Waals surface area contributed by atoms with E-state index in [-0.39, 0.29) is 29.6 Å². The van der Waals surface area contributed by atoms with Gasteiger partial charge in [0.1, 0.15) is 0 Å². The van der Waals surface area contributed by atoms with E-state index in [1.165, 1.54) is 0 Å². The van der Waals surface area contributed by atoms with Crippen LogP contribution in [0.25, 0.3) is 0 Å². The summed E-state index contributed by atoms with van der Waals surface area (Å²) in [7, 11) is 0. The molecule has 7 heteroatoms. The highest BCUT2D eigenvalue weighted by Crippen LogP contribution is 2.16. The summed E-state index contributed by atoms with van der Waals surface area (Å²) in [6, 6.07) is 6.50. The standard InChI is InChI=1S/C15H22BrN3O2.ClH/c1-15(2,3)12(17)14(21)19-9-8-18-13(20)10-4-6-11(16)7-5-10;/h4-7,12H,8-9,17H2,1-3H3,(H,18,20)(H,19,21);1H/t12-;/m1./s1. The van der Waals surface area contributed by atoms with Gasteiger partial charge in [0.15, 0.2) is 0 Å². The Morgan fingerprint density at radius 3 is 2.14 bits per heavy atom. The van der Waals surface area contributed by atoms with Crippen molar-refractivity contribution in [3.8, 4) is 0 Å². The highest BCUT2D eigenvalue weighted by Gasteiger charge is 2.26. The highest BCUT2D eigenvalue weighted by atomic mass is 79.9. The number of hydrogen-bond acceptors (Lipinski definition) is 3. The molecule has 1 atom stereocenters. The Kier molecular flexibility index (Phi) is 8.66. The molecule has 0 aliphatic rings. The van der Waals surface area contributed by atoms with Crippen LogP contribution in [0, 0.1) is 5.41 Å². The van der Waals surface area contributed by atoms with Gasteiger partial charge in [-0.3, -0.25) is 9.59 Å². The van der Waals surface area contributed by atoms with Crippen molar-refractivity contribution in [1.29, 1.82) is 0 Å². The summed E-state index contributed by atoms with van der Waals surface area (Å²) in [6.45, 7) is 6.44. The molecule has 0 saturated heterocycles. The third-order valence-corrected chi connectivity index (χ3v) is 3.56. The number of carbonyl (C=O) groups is 2. The summed E-state index contributed by atoms with van der Waals surface area (Å²) in [4.78, 5) is 23.6. The maximum atomic E-state index is 11.8. The maximum absolute atomic E-state index is 11.8. The van der Waals surface area contributed by atoms with Crippen molar-refractivity contribution < 1.29 is 9.59 Å². The van der Waals surface area contributed by atoms with Crippen LogP contribution in [0.3, 0.4) is 0 Å². The first-order valence-corrected chi connectivity index (χ1v) is 7.58. The summed E-state index contributed by atoms with van der Waals surface area (Å²) in [5.41, 5.74) is 6.13. The number of halogens is 2. The van der Waals surface area contributed by atoms with E-state index in [1.807, 2.05) is 20.8 Å². The highest BCUT2D eigenvalue weighted by molar-refractivity contribution is 9.10. The molecule has 124 valence electrons. The van der Waals surface area contributed by atoms with Gasteiger partial charge >= 0.3 is 0 Å². The fourth-order valence-electron chi connectivity index (χ4n) is 1.57. The van der Waals surface area contributed by atoms with E-state index in [0.29, 0.717) is 18.7 Å². The molecule has 0 aliphatic carbocycles. The second-order valence-electron chi connectivity index (χ2n) is 5.90. The van der Waals surface area contributed by atoms with Gasteiger partial charge in [0.25, 0.3) is 5.91 Å². The van der Waals surface area contributed by atoms with Crippen molar-refractivity contribution in [1.82, 2.24) is 10.6 Å². The largest absolute Gasteiger partial charge is 0.353 e. The zero-order valence-electron chi connectivity index (χ0n) is 13.0. The monoisotopic (exact) mass is 391 g/mol. The lowest BCUT2D eigenvalue weighted by Gasteiger charge is -2.25. The molecule has 1 rings (SSSR count). The van der Waals surface area contributed by atoms with E-state index < -0.39 is 6.04 Å². The molecule has 1 aromatic carbocycles.